The van der Waals surface area contributed by atoms with Gasteiger partial charge in [0.1, 0.15) is 17.5 Å². The standard InChI is InChI=1S/C13H12FN5O/c1-18-12-9(5-17-18)13(20)19(7-16-12)6-8-2-3-11(15)10(14)4-8/h2-5,7H,6,15H2,1H3. The van der Waals surface area contributed by atoms with Crippen LogP contribution < -0.4 is 11.3 Å². The van der Waals surface area contributed by atoms with Crippen molar-refractivity contribution < 1.29 is 4.39 Å². The van der Waals surface area contributed by atoms with Crippen LogP contribution >= 0.6 is 0 Å². The Morgan fingerprint density at radius 3 is 2.95 bits per heavy atom. The summed E-state index contributed by atoms with van der Waals surface area (Å²) in [5, 5.41) is 4.43. The molecule has 0 atom stereocenters. The second-order valence-electron chi connectivity index (χ2n) is 4.54. The molecule has 0 radical (unpaired) electrons. The second-order valence-corrected chi connectivity index (χ2v) is 4.54. The fourth-order valence-electron chi connectivity index (χ4n) is 2.04. The summed E-state index contributed by atoms with van der Waals surface area (Å²) in [7, 11) is 1.72. The maximum atomic E-state index is 13.4. The predicted octanol–water partition coefficient (Wildman–Crippen LogP) is 0.900. The molecule has 0 bridgehead atoms. The van der Waals surface area contributed by atoms with Gasteiger partial charge >= 0.3 is 0 Å². The highest BCUT2D eigenvalue weighted by Gasteiger charge is 2.09. The van der Waals surface area contributed by atoms with E-state index in [0.29, 0.717) is 16.6 Å². The van der Waals surface area contributed by atoms with Gasteiger partial charge in [-0.05, 0) is 17.7 Å². The molecule has 2 aromatic heterocycles. The van der Waals surface area contributed by atoms with Crippen molar-refractivity contribution >= 4 is 16.7 Å². The zero-order valence-electron chi connectivity index (χ0n) is 10.7. The first kappa shape index (κ1) is 12.3. The Kier molecular flexibility index (Phi) is 2.74. The molecule has 7 heteroatoms. The molecule has 20 heavy (non-hydrogen) atoms. The van der Waals surface area contributed by atoms with E-state index in [1.807, 2.05) is 0 Å². The van der Waals surface area contributed by atoms with Crippen molar-refractivity contribution in [3.8, 4) is 0 Å². The first-order valence-electron chi connectivity index (χ1n) is 5.97. The summed E-state index contributed by atoms with van der Waals surface area (Å²) >= 11 is 0. The molecular weight excluding hydrogens is 261 g/mol. The lowest BCUT2D eigenvalue weighted by molar-refractivity contribution is 0.627. The van der Waals surface area contributed by atoms with Crippen molar-refractivity contribution in [3.63, 3.8) is 0 Å². The zero-order valence-corrected chi connectivity index (χ0v) is 10.7. The molecule has 102 valence electrons. The normalized spacial score (nSPS) is 11.1. The van der Waals surface area contributed by atoms with Crippen LogP contribution in [0.4, 0.5) is 10.1 Å². The summed E-state index contributed by atoms with van der Waals surface area (Å²) < 4.78 is 16.3. The largest absolute Gasteiger partial charge is 0.396 e. The topological polar surface area (TPSA) is 78.7 Å². The van der Waals surface area contributed by atoms with E-state index in [1.165, 1.54) is 33.9 Å². The average Bonchev–Trinajstić information content (AvgIpc) is 2.80. The van der Waals surface area contributed by atoms with E-state index in [2.05, 4.69) is 10.1 Å². The van der Waals surface area contributed by atoms with E-state index in [4.69, 9.17) is 5.73 Å². The molecule has 0 spiro atoms. The van der Waals surface area contributed by atoms with Crippen molar-refractivity contribution in [2.75, 3.05) is 5.73 Å². The van der Waals surface area contributed by atoms with Gasteiger partial charge in [0, 0.05) is 7.05 Å². The van der Waals surface area contributed by atoms with Gasteiger partial charge in [-0.2, -0.15) is 5.10 Å². The van der Waals surface area contributed by atoms with Crippen LogP contribution in [0.5, 0.6) is 0 Å². The van der Waals surface area contributed by atoms with Gasteiger partial charge in [0.25, 0.3) is 5.56 Å². The van der Waals surface area contributed by atoms with E-state index >= 15 is 0 Å². The Balaban J connectivity index is 2.04. The van der Waals surface area contributed by atoms with Gasteiger partial charge in [0.2, 0.25) is 0 Å². The smallest absolute Gasteiger partial charge is 0.264 e. The summed E-state index contributed by atoms with van der Waals surface area (Å²) in [6.07, 6.45) is 2.91. The number of benzene rings is 1. The number of nitrogens with two attached hydrogens (primary N) is 1. The van der Waals surface area contributed by atoms with Crippen LogP contribution in [0.1, 0.15) is 5.56 Å². The Morgan fingerprint density at radius 1 is 1.40 bits per heavy atom. The molecule has 0 fully saturated rings. The average molecular weight is 273 g/mol. The van der Waals surface area contributed by atoms with Gasteiger partial charge in [-0.15, -0.1) is 0 Å². The number of nitrogens with zero attached hydrogens (tertiary/aromatic N) is 4. The number of anilines is 1. The lowest BCUT2D eigenvalue weighted by atomic mass is 10.2. The first-order chi connectivity index (χ1) is 9.56. The lowest BCUT2D eigenvalue weighted by Crippen LogP contribution is -2.21. The fraction of sp³-hybridized carbons (Fsp3) is 0.154. The van der Waals surface area contributed by atoms with Crippen LogP contribution in [0.2, 0.25) is 0 Å². The molecule has 0 unspecified atom stereocenters. The van der Waals surface area contributed by atoms with Gasteiger partial charge in [-0.25, -0.2) is 9.37 Å². The summed E-state index contributed by atoms with van der Waals surface area (Å²) in [6, 6.07) is 4.47. The molecule has 0 amide bonds. The minimum atomic E-state index is -0.494. The van der Waals surface area contributed by atoms with E-state index in [9.17, 15) is 9.18 Å². The summed E-state index contributed by atoms with van der Waals surface area (Å²) in [5.74, 6) is -0.494. The third kappa shape index (κ3) is 1.93. The molecule has 2 heterocycles. The first-order valence-corrected chi connectivity index (χ1v) is 5.97. The maximum absolute atomic E-state index is 13.4. The van der Waals surface area contributed by atoms with Gasteiger partial charge in [0.15, 0.2) is 5.65 Å². The quantitative estimate of drug-likeness (QED) is 0.704. The number of aromatic nitrogens is 4. The third-order valence-electron chi connectivity index (χ3n) is 3.14. The highest BCUT2D eigenvalue weighted by atomic mass is 19.1. The molecule has 1 aromatic carbocycles. The Bertz CT molecular complexity index is 852. The van der Waals surface area contributed by atoms with Crippen molar-refractivity contribution in [2.24, 2.45) is 7.05 Å². The molecule has 3 rings (SSSR count). The van der Waals surface area contributed by atoms with Crippen molar-refractivity contribution in [3.05, 3.63) is 52.5 Å². The Morgan fingerprint density at radius 2 is 2.20 bits per heavy atom. The van der Waals surface area contributed by atoms with Gasteiger partial charge in [-0.1, -0.05) is 6.07 Å². The van der Waals surface area contributed by atoms with Crippen LogP contribution in [-0.2, 0) is 13.6 Å². The highest BCUT2D eigenvalue weighted by molar-refractivity contribution is 5.72. The number of nitrogen functional groups attached to an aromatic ring is 1. The van der Waals surface area contributed by atoms with Crippen molar-refractivity contribution in [1.29, 1.82) is 0 Å². The SMILES string of the molecule is Cn1ncc2c(=O)n(Cc3ccc(N)c(F)c3)cnc21. The molecule has 6 nitrogen and oxygen atoms in total. The van der Waals surface area contributed by atoms with Crippen LogP contribution in [0, 0.1) is 5.82 Å². The molecule has 0 aliphatic heterocycles. The van der Waals surface area contributed by atoms with Crippen LogP contribution in [0.25, 0.3) is 11.0 Å². The Hall–Kier alpha value is -2.70. The van der Waals surface area contributed by atoms with Gasteiger partial charge in [-0.3, -0.25) is 14.0 Å². The van der Waals surface area contributed by atoms with Crippen LogP contribution in [0.3, 0.4) is 0 Å². The monoisotopic (exact) mass is 273 g/mol. The third-order valence-corrected chi connectivity index (χ3v) is 3.14. The molecule has 3 aromatic rings. The van der Waals surface area contributed by atoms with Crippen LogP contribution in [0.15, 0.2) is 35.5 Å². The van der Waals surface area contributed by atoms with Crippen molar-refractivity contribution in [2.45, 2.75) is 6.54 Å². The number of rotatable bonds is 2. The zero-order chi connectivity index (χ0) is 14.3. The van der Waals surface area contributed by atoms with Gasteiger partial charge in [0.05, 0.1) is 18.4 Å². The predicted molar refractivity (Wildman–Crippen MR) is 72.7 cm³/mol. The number of fused-ring (bicyclic) bond motifs is 1. The van der Waals surface area contributed by atoms with Crippen LogP contribution in [-0.4, -0.2) is 19.3 Å². The number of halogens is 1. The van der Waals surface area contributed by atoms with E-state index in [-0.39, 0.29) is 17.8 Å². The number of hydrogen-bond donors (Lipinski definition) is 1. The molecular formula is C13H12FN5O. The minimum absolute atomic E-state index is 0.0851. The Labute approximate surface area is 113 Å². The van der Waals surface area contributed by atoms with Crippen molar-refractivity contribution in [1.82, 2.24) is 19.3 Å². The molecule has 0 saturated carbocycles. The molecule has 0 aliphatic carbocycles. The number of hydrogen-bond acceptors (Lipinski definition) is 4. The summed E-state index contributed by atoms with van der Waals surface area (Å²) in [4.78, 5) is 16.4. The highest BCUT2D eigenvalue weighted by Crippen LogP contribution is 2.13. The second kappa shape index (κ2) is 4.44. The number of aryl methyl sites for hydroxylation is 1. The maximum Gasteiger partial charge on any atom is 0.264 e. The summed E-state index contributed by atoms with van der Waals surface area (Å²) in [5.41, 5.74) is 6.46. The molecule has 0 saturated heterocycles. The van der Waals surface area contributed by atoms with E-state index in [1.54, 1.807) is 13.1 Å². The van der Waals surface area contributed by atoms with E-state index < -0.39 is 5.82 Å². The molecule has 0 aliphatic rings. The molecule has 2 N–H and O–H groups in total. The lowest BCUT2D eigenvalue weighted by Gasteiger charge is -2.06. The fourth-order valence-corrected chi connectivity index (χ4v) is 2.04. The minimum Gasteiger partial charge on any atom is -0.396 e. The summed E-state index contributed by atoms with van der Waals surface area (Å²) in [6.45, 7) is 0.230. The van der Waals surface area contributed by atoms with Gasteiger partial charge < -0.3 is 5.73 Å². The van der Waals surface area contributed by atoms with E-state index in [0.717, 1.165) is 0 Å².